The van der Waals surface area contributed by atoms with E-state index < -0.39 is 16.1 Å². The molecular formula is C17H16BrClN2O3S. The second-order valence-corrected chi connectivity index (χ2v) is 8.88. The molecular weight excluding hydrogens is 428 g/mol. The maximum Gasteiger partial charge on any atom is 0.243 e. The molecule has 0 spiro atoms. The van der Waals surface area contributed by atoms with Crippen LogP contribution < -0.4 is 5.32 Å². The van der Waals surface area contributed by atoms with E-state index in [0.29, 0.717) is 30.1 Å². The van der Waals surface area contributed by atoms with Crippen LogP contribution in [0.2, 0.25) is 5.02 Å². The van der Waals surface area contributed by atoms with Crippen molar-refractivity contribution in [2.45, 2.75) is 23.8 Å². The smallest absolute Gasteiger partial charge is 0.243 e. The summed E-state index contributed by atoms with van der Waals surface area (Å²) in [5.41, 5.74) is 0.614. The minimum Gasteiger partial charge on any atom is -0.324 e. The number of nitrogens with one attached hydrogen (secondary N) is 1. The summed E-state index contributed by atoms with van der Waals surface area (Å²) < 4.78 is 27.8. The fraction of sp³-hybridized carbons (Fsp3) is 0.235. The van der Waals surface area contributed by atoms with Gasteiger partial charge >= 0.3 is 0 Å². The van der Waals surface area contributed by atoms with E-state index in [-0.39, 0.29) is 10.8 Å². The largest absolute Gasteiger partial charge is 0.324 e. The van der Waals surface area contributed by atoms with Gasteiger partial charge in [-0.05, 0) is 65.2 Å². The molecule has 1 fully saturated rings. The number of carbonyl (C=O) groups is 1. The van der Waals surface area contributed by atoms with Gasteiger partial charge in [-0.1, -0.05) is 23.7 Å². The first-order valence-corrected chi connectivity index (χ1v) is 10.3. The Kier molecular flexibility index (Phi) is 5.48. The molecule has 132 valence electrons. The molecule has 2 aromatic carbocycles. The van der Waals surface area contributed by atoms with Gasteiger partial charge in [-0.3, -0.25) is 4.79 Å². The first-order valence-electron chi connectivity index (χ1n) is 7.72. The summed E-state index contributed by atoms with van der Waals surface area (Å²) in [6, 6.07) is 12.5. The van der Waals surface area contributed by atoms with Crippen LogP contribution in [-0.4, -0.2) is 31.2 Å². The highest BCUT2D eigenvalue weighted by molar-refractivity contribution is 9.10. The number of sulfonamides is 1. The maximum absolute atomic E-state index is 12.9. The van der Waals surface area contributed by atoms with Gasteiger partial charge in [-0.15, -0.1) is 0 Å². The standard InChI is InChI=1S/C17H16BrClN2O3S/c18-14-4-1-2-5-15(14)20-17(22)16-6-3-11-21(16)25(23,24)13-9-7-12(19)8-10-13/h1-2,4-5,7-10,16H,3,6,11H2,(H,20,22)/t16-/m1/s1. The molecule has 3 rings (SSSR count). The van der Waals surface area contributed by atoms with Crippen molar-refractivity contribution in [2.75, 3.05) is 11.9 Å². The minimum absolute atomic E-state index is 0.137. The number of hydrogen-bond donors (Lipinski definition) is 1. The molecule has 0 unspecified atom stereocenters. The lowest BCUT2D eigenvalue weighted by molar-refractivity contribution is -0.119. The van der Waals surface area contributed by atoms with Crippen LogP contribution in [0, 0.1) is 0 Å². The molecule has 0 aliphatic carbocycles. The van der Waals surface area contributed by atoms with E-state index in [1.165, 1.54) is 28.6 Å². The van der Waals surface area contributed by atoms with Crippen LogP contribution in [-0.2, 0) is 14.8 Å². The summed E-state index contributed by atoms with van der Waals surface area (Å²) in [5.74, 6) is -0.332. The van der Waals surface area contributed by atoms with Gasteiger partial charge in [0.1, 0.15) is 6.04 Å². The zero-order valence-corrected chi connectivity index (χ0v) is 16.3. The Morgan fingerprint density at radius 2 is 1.84 bits per heavy atom. The number of amides is 1. The highest BCUT2D eigenvalue weighted by Crippen LogP contribution is 2.29. The predicted octanol–water partition coefficient (Wildman–Crippen LogP) is 3.89. The summed E-state index contributed by atoms with van der Waals surface area (Å²) in [4.78, 5) is 12.8. The molecule has 8 heteroatoms. The Labute approximate surface area is 160 Å². The Morgan fingerprint density at radius 1 is 1.16 bits per heavy atom. The highest BCUT2D eigenvalue weighted by Gasteiger charge is 2.39. The Morgan fingerprint density at radius 3 is 2.52 bits per heavy atom. The predicted molar refractivity (Wildman–Crippen MR) is 101 cm³/mol. The molecule has 1 atom stereocenters. The Hall–Kier alpha value is -1.41. The van der Waals surface area contributed by atoms with E-state index in [1.54, 1.807) is 12.1 Å². The van der Waals surface area contributed by atoms with Gasteiger partial charge in [0.15, 0.2) is 0 Å². The lowest BCUT2D eigenvalue weighted by Crippen LogP contribution is -2.43. The highest BCUT2D eigenvalue weighted by atomic mass is 79.9. The minimum atomic E-state index is -3.75. The van der Waals surface area contributed by atoms with Crippen LogP contribution in [0.15, 0.2) is 57.9 Å². The molecule has 0 bridgehead atoms. The summed E-state index contributed by atoms with van der Waals surface area (Å²) in [5, 5.41) is 3.26. The zero-order valence-electron chi connectivity index (χ0n) is 13.2. The van der Waals surface area contributed by atoms with Gasteiger partial charge in [0.2, 0.25) is 15.9 Å². The van der Waals surface area contributed by atoms with Crippen molar-refractivity contribution in [3.8, 4) is 0 Å². The number of nitrogens with zero attached hydrogens (tertiary/aromatic N) is 1. The fourth-order valence-electron chi connectivity index (χ4n) is 2.81. The number of rotatable bonds is 4. The zero-order chi connectivity index (χ0) is 18.0. The average molecular weight is 444 g/mol. The van der Waals surface area contributed by atoms with Gasteiger partial charge in [-0.2, -0.15) is 4.31 Å². The van der Waals surface area contributed by atoms with Crippen LogP contribution in [0.1, 0.15) is 12.8 Å². The lowest BCUT2D eigenvalue weighted by atomic mass is 10.2. The maximum atomic E-state index is 12.9. The lowest BCUT2D eigenvalue weighted by Gasteiger charge is -2.23. The molecule has 25 heavy (non-hydrogen) atoms. The third-order valence-corrected chi connectivity index (χ3v) is 6.92. The van der Waals surface area contributed by atoms with Gasteiger partial charge in [0.25, 0.3) is 0 Å². The molecule has 0 radical (unpaired) electrons. The number of benzene rings is 2. The Bertz CT molecular complexity index is 887. The van der Waals surface area contributed by atoms with E-state index in [2.05, 4.69) is 21.2 Å². The van der Waals surface area contributed by atoms with Crippen molar-refractivity contribution in [1.29, 1.82) is 0 Å². The molecule has 5 nitrogen and oxygen atoms in total. The van der Waals surface area contributed by atoms with Crippen molar-refractivity contribution < 1.29 is 13.2 Å². The third kappa shape index (κ3) is 3.89. The summed E-state index contributed by atoms with van der Waals surface area (Å²) >= 11 is 9.20. The second-order valence-electron chi connectivity index (χ2n) is 5.70. The summed E-state index contributed by atoms with van der Waals surface area (Å²) in [7, 11) is -3.75. The topological polar surface area (TPSA) is 66.5 Å². The van der Waals surface area contributed by atoms with E-state index in [0.717, 1.165) is 4.47 Å². The molecule has 2 aromatic rings. The number of hydrogen-bond acceptors (Lipinski definition) is 3. The molecule has 1 saturated heterocycles. The number of para-hydroxylation sites is 1. The first-order chi connectivity index (χ1) is 11.9. The van der Waals surface area contributed by atoms with E-state index >= 15 is 0 Å². The van der Waals surface area contributed by atoms with Gasteiger partial charge in [0, 0.05) is 16.0 Å². The normalized spacial score (nSPS) is 18.2. The summed E-state index contributed by atoms with van der Waals surface area (Å²) in [6.07, 6.45) is 1.13. The molecule has 1 amide bonds. The van der Waals surface area contributed by atoms with Crippen LogP contribution in [0.4, 0.5) is 5.69 Å². The molecule has 1 aliphatic heterocycles. The Balaban J connectivity index is 1.83. The molecule has 1 aliphatic rings. The number of carbonyl (C=O) groups excluding carboxylic acids is 1. The first kappa shape index (κ1) is 18.4. The van der Waals surface area contributed by atoms with Crippen LogP contribution in [0.25, 0.3) is 0 Å². The monoisotopic (exact) mass is 442 g/mol. The SMILES string of the molecule is O=C(Nc1ccccc1Br)[C@H]1CCCN1S(=O)(=O)c1ccc(Cl)cc1. The number of halogens is 2. The van der Waals surface area contributed by atoms with E-state index in [4.69, 9.17) is 11.6 Å². The molecule has 0 aromatic heterocycles. The van der Waals surface area contributed by atoms with Crippen LogP contribution in [0.5, 0.6) is 0 Å². The summed E-state index contributed by atoms with van der Waals surface area (Å²) in [6.45, 7) is 0.318. The van der Waals surface area contributed by atoms with Gasteiger partial charge < -0.3 is 5.32 Å². The molecule has 0 saturated carbocycles. The van der Waals surface area contributed by atoms with Crippen molar-refractivity contribution in [3.05, 3.63) is 58.0 Å². The van der Waals surface area contributed by atoms with Gasteiger partial charge in [0.05, 0.1) is 10.6 Å². The molecule has 1 N–H and O–H groups in total. The van der Waals surface area contributed by atoms with Crippen LogP contribution in [0.3, 0.4) is 0 Å². The van der Waals surface area contributed by atoms with Gasteiger partial charge in [-0.25, -0.2) is 8.42 Å². The fourth-order valence-corrected chi connectivity index (χ4v) is 4.98. The van der Waals surface area contributed by atoms with Crippen LogP contribution >= 0.6 is 27.5 Å². The quantitative estimate of drug-likeness (QED) is 0.779. The van der Waals surface area contributed by atoms with E-state index in [9.17, 15) is 13.2 Å². The van der Waals surface area contributed by atoms with E-state index in [1.807, 2.05) is 12.1 Å². The van der Waals surface area contributed by atoms with Crippen molar-refractivity contribution >= 4 is 49.1 Å². The molecule has 1 heterocycles. The second kappa shape index (κ2) is 7.45. The van der Waals surface area contributed by atoms with Crippen molar-refractivity contribution in [1.82, 2.24) is 4.31 Å². The number of anilines is 1. The van der Waals surface area contributed by atoms with Crippen molar-refractivity contribution in [2.24, 2.45) is 0 Å². The average Bonchev–Trinajstić information content (AvgIpc) is 3.08. The van der Waals surface area contributed by atoms with Crippen molar-refractivity contribution in [3.63, 3.8) is 0 Å². The third-order valence-electron chi connectivity index (χ3n) is 4.06.